The van der Waals surface area contributed by atoms with E-state index in [1.165, 1.54) is 5.69 Å². The lowest BCUT2D eigenvalue weighted by atomic mass is 10.1. The van der Waals surface area contributed by atoms with E-state index in [0.29, 0.717) is 6.04 Å². The van der Waals surface area contributed by atoms with Gasteiger partial charge in [0.1, 0.15) is 0 Å². The van der Waals surface area contributed by atoms with Gasteiger partial charge in [0, 0.05) is 49.5 Å². The van der Waals surface area contributed by atoms with Crippen molar-refractivity contribution < 1.29 is 0 Å². The molecule has 1 aromatic carbocycles. The molecule has 3 rings (SSSR count). The average molecular weight is 270 g/mol. The summed E-state index contributed by atoms with van der Waals surface area (Å²) in [5.74, 6) is 0. The molecule has 0 radical (unpaired) electrons. The summed E-state index contributed by atoms with van der Waals surface area (Å²) in [7, 11) is 0. The minimum atomic E-state index is 0.624. The first kappa shape index (κ1) is 13.2. The molecular formula is C16H22N4. The minimum Gasteiger partial charge on any atom is -0.398 e. The summed E-state index contributed by atoms with van der Waals surface area (Å²) in [4.78, 5) is 9.48. The zero-order chi connectivity index (χ0) is 14.1. The van der Waals surface area contributed by atoms with Gasteiger partial charge in [-0.15, -0.1) is 0 Å². The van der Waals surface area contributed by atoms with E-state index in [1.54, 1.807) is 0 Å². The van der Waals surface area contributed by atoms with Crippen LogP contribution >= 0.6 is 0 Å². The monoisotopic (exact) mass is 270 g/mol. The van der Waals surface area contributed by atoms with Crippen molar-refractivity contribution in [3.05, 3.63) is 30.5 Å². The second-order valence-corrected chi connectivity index (χ2v) is 5.69. The second-order valence-electron chi connectivity index (χ2n) is 5.69. The molecule has 0 unspecified atom stereocenters. The third-order valence-electron chi connectivity index (χ3n) is 4.17. The van der Waals surface area contributed by atoms with Gasteiger partial charge >= 0.3 is 0 Å². The van der Waals surface area contributed by atoms with Gasteiger partial charge in [0.05, 0.1) is 11.2 Å². The molecule has 0 saturated carbocycles. The Labute approximate surface area is 120 Å². The number of rotatable bonds is 2. The molecule has 2 heterocycles. The molecule has 1 aromatic heterocycles. The standard InChI is InChI=1S/C16H22N4/c1-12(2)19-8-10-20(11-9-19)15-6-5-14(17)13-4-3-7-18-16(13)15/h3-7,12H,8-11,17H2,1-2H3. The van der Waals surface area contributed by atoms with Gasteiger partial charge in [-0.2, -0.15) is 0 Å². The van der Waals surface area contributed by atoms with Crippen LogP contribution in [0, 0.1) is 0 Å². The van der Waals surface area contributed by atoms with Crippen LogP contribution in [0.5, 0.6) is 0 Å². The molecule has 20 heavy (non-hydrogen) atoms. The Kier molecular flexibility index (Phi) is 3.49. The van der Waals surface area contributed by atoms with Crippen molar-refractivity contribution >= 4 is 22.3 Å². The molecule has 0 spiro atoms. The van der Waals surface area contributed by atoms with Crippen LogP contribution in [0.25, 0.3) is 10.9 Å². The summed E-state index contributed by atoms with van der Waals surface area (Å²) in [6.45, 7) is 8.83. The molecule has 106 valence electrons. The highest BCUT2D eigenvalue weighted by Crippen LogP contribution is 2.29. The molecule has 1 aliphatic heterocycles. The van der Waals surface area contributed by atoms with Gasteiger partial charge in [-0.1, -0.05) is 0 Å². The molecule has 4 heteroatoms. The lowest BCUT2D eigenvalue weighted by molar-refractivity contribution is 0.209. The number of hydrogen-bond donors (Lipinski definition) is 1. The second kappa shape index (κ2) is 5.29. The first-order valence-electron chi connectivity index (χ1n) is 7.29. The summed E-state index contributed by atoms with van der Waals surface area (Å²) < 4.78 is 0. The fraction of sp³-hybridized carbons (Fsp3) is 0.438. The average Bonchev–Trinajstić information content (AvgIpc) is 2.48. The van der Waals surface area contributed by atoms with Crippen LogP contribution in [-0.2, 0) is 0 Å². The van der Waals surface area contributed by atoms with E-state index in [9.17, 15) is 0 Å². The Hall–Kier alpha value is -1.81. The number of benzene rings is 1. The number of aromatic nitrogens is 1. The highest BCUT2D eigenvalue weighted by atomic mass is 15.3. The fourth-order valence-electron chi connectivity index (χ4n) is 2.91. The molecule has 2 N–H and O–H groups in total. The predicted molar refractivity (Wildman–Crippen MR) is 85.1 cm³/mol. The Morgan fingerprint density at radius 1 is 1.10 bits per heavy atom. The quantitative estimate of drug-likeness (QED) is 0.851. The van der Waals surface area contributed by atoms with Crippen LogP contribution in [0.2, 0.25) is 0 Å². The van der Waals surface area contributed by atoms with Gasteiger partial charge in [-0.25, -0.2) is 0 Å². The maximum Gasteiger partial charge on any atom is 0.0955 e. The molecule has 1 aliphatic rings. The maximum atomic E-state index is 6.05. The van der Waals surface area contributed by atoms with Crippen LogP contribution in [0.1, 0.15) is 13.8 Å². The number of anilines is 2. The summed E-state index contributed by atoms with van der Waals surface area (Å²) in [6, 6.07) is 8.72. The SMILES string of the molecule is CC(C)N1CCN(c2ccc(N)c3cccnc23)CC1. The number of piperazine rings is 1. The lowest BCUT2D eigenvalue weighted by Crippen LogP contribution is -2.49. The first-order valence-corrected chi connectivity index (χ1v) is 7.29. The van der Waals surface area contributed by atoms with E-state index >= 15 is 0 Å². The van der Waals surface area contributed by atoms with Gasteiger partial charge < -0.3 is 10.6 Å². The molecule has 1 saturated heterocycles. The molecule has 4 nitrogen and oxygen atoms in total. The summed E-state index contributed by atoms with van der Waals surface area (Å²) in [5, 5.41) is 1.05. The van der Waals surface area contributed by atoms with Gasteiger partial charge in [0.15, 0.2) is 0 Å². The molecular weight excluding hydrogens is 248 g/mol. The number of pyridine rings is 1. The normalized spacial score (nSPS) is 17.1. The molecule has 0 bridgehead atoms. The van der Waals surface area contributed by atoms with Gasteiger partial charge in [0.25, 0.3) is 0 Å². The van der Waals surface area contributed by atoms with E-state index in [0.717, 1.165) is 42.8 Å². The third-order valence-corrected chi connectivity index (χ3v) is 4.17. The van der Waals surface area contributed by atoms with E-state index in [4.69, 9.17) is 5.73 Å². The van der Waals surface area contributed by atoms with Crippen molar-refractivity contribution in [3.8, 4) is 0 Å². The fourth-order valence-corrected chi connectivity index (χ4v) is 2.91. The van der Waals surface area contributed by atoms with Crippen LogP contribution in [-0.4, -0.2) is 42.1 Å². The maximum absolute atomic E-state index is 6.05. The number of fused-ring (bicyclic) bond motifs is 1. The topological polar surface area (TPSA) is 45.4 Å². The van der Waals surface area contributed by atoms with Gasteiger partial charge in [0.2, 0.25) is 0 Å². The van der Waals surface area contributed by atoms with Crippen molar-refractivity contribution in [1.29, 1.82) is 0 Å². The van der Waals surface area contributed by atoms with Gasteiger partial charge in [-0.05, 0) is 38.1 Å². The predicted octanol–water partition coefficient (Wildman–Crippen LogP) is 2.35. The number of nitrogen functional groups attached to an aromatic ring is 1. The summed E-state index contributed by atoms with van der Waals surface area (Å²) in [5.41, 5.74) is 9.08. The Bertz CT molecular complexity index is 600. The first-order chi connectivity index (χ1) is 9.66. The van der Waals surface area contributed by atoms with Crippen molar-refractivity contribution in [3.63, 3.8) is 0 Å². The number of hydrogen-bond acceptors (Lipinski definition) is 4. The largest absolute Gasteiger partial charge is 0.398 e. The summed E-state index contributed by atoms with van der Waals surface area (Å²) >= 11 is 0. The lowest BCUT2D eigenvalue weighted by Gasteiger charge is -2.38. The molecule has 0 aliphatic carbocycles. The van der Waals surface area contributed by atoms with Crippen LogP contribution < -0.4 is 10.6 Å². The zero-order valence-electron chi connectivity index (χ0n) is 12.2. The molecule has 1 fully saturated rings. The smallest absolute Gasteiger partial charge is 0.0955 e. The Balaban J connectivity index is 1.90. The minimum absolute atomic E-state index is 0.624. The van der Waals surface area contributed by atoms with Gasteiger partial charge in [-0.3, -0.25) is 9.88 Å². The van der Waals surface area contributed by atoms with Crippen molar-refractivity contribution in [1.82, 2.24) is 9.88 Å². The van der Waals surface area contributed by atoms with Crippen molar-refractivity contribution in [2.75, 3.05) is 36.8 Å². The van der Waals surface area contributed by atoms with E-state index in [1.807, 2.05) is 24.4 Å². The van der Waals surface area contributed by atoms with Crippen LogP contribution in [0.4, 0.5) is 11.4 Å². The van der Waals surface area contributed by atoms with Crippen molar-refractivity contribution in [2.24, 2.45) is 0 Å². The summed E-state index contributed by atoms with van der Waals surface area (Å²) in [6.07, 6.45) is 1.84. The Morgan fingerprint density at radius 2 is 1.85 bits per heavy atom. The third kappa shape index (κ3) is 2.31. The van der Waals surface area contributed by atoms with E-state index in [-0.39, 0.29) is 0 Å². The highest BCUT2D eigenvalue weighted by molar-refractivity contribution is 5.98. The van der Waals surface area contributed by atoms with E-state index < -0.39 is 0 Å². The Morgan fingerprint density at radius 3 is 2.55 bits per heavy atom. The van der Waals surface area contributed by atoms with E-state index in [2.05, 4.69) is 34.7 Å². The zero-order valence-corrected chi connectivity index (χ0v) is 12.2. The molecule has 0 amide bonds. The highest BCUT2D eigenvalue weighted by Gasteiger charge is 2.20. The number of nitrogens with zero attached hydrogens (tertiary/aromatic N) is 3. The van der Waals surface area contributed by atoms with Crippen LogP contribution in [0.15, 0.2) is 30.5 Å². The number of nitrogens with two attached hydrogens (primary N) is 1. The molecule has 2 aromatic rings. The van der Waals surface area contributed by atoms with Crippen LogP contribution in [0.3, 0.4) is 0 Å². The molecule has 0 atom stereocenters. The van der Waals surface area contributed by atoms with Crippen molar-refractivity contribution in [2.45, 2.75) is 19.9 Å².